The second-order valence-corrected chi connectivity index (χ2v) is 5.12. The molecule has 1 aliphatic rings. The van der Waals surface area contributed by atoms with Crippen LogP contribution in [-0.2, 0) is 14.4 Å². The fourth-order valence-electron chi connectivity index (χ4n) is 2.29. The first kappa shape index (κ1) is 24.9. The zero-order chi connectivity index (χ0) is 19.0. The van der Waals surface area contributed by atoms with Crippen LogP contribution >= 0.6 is 0 Å². The highest BCUT2D eigenvalue weighted by molar-refractivity contribution is 5.77. The van der Waals surface area contributed by atoms with E-state index < -0.39 is 5.97 Å². The minimum atomic E-state index is -0.857. The summed E-state index contributed by atoms with van der Waals surface area (Å²) in [7, 11) is 1.00. The molecule has 24 heavy (non-hydrogen) atoms. The largest absolute Gasteiger partial charge is 0.480 e. The van der Waals surface area contributed by atoms with Crippen molar-refractivity contribution in [2.45, 2.75) is 20.8 Å². The van der Waals surface area contributed by atoms with Crippen LogP contribution in [0.25, 0.3) is 0 Å². The monoisotopic (exact) mass is 347 g/mol. The molecule has 1 saturated heterocycles. The first-order valence-corrected chi connectivity index (χ1v) is 8.28. The highest BCUT2D eigenvalue weighted by Gasteiger charge is 2.18. The zero-order valence-corrected chi connectivity index (χ0v) is 15.4. The summed E-state index contributed by atoms with van der Waals surface area (Å²) < 4.78 is 0. The van der Waals surface area contributed by atoms with Crippen molar-refractivity contribution in [2.24, 2.45) is 0 Å². The Morgan fingerprint density at radius 3 is 1.58 bits per heavy atom. The Morgan fingerprint density at radius 1 is 0.875 bits per heavy atom. The summed E-state index contributed by atoms with van der Waals surface area (Å²) in [6, 6.07) is 0. The van der Waals surface area contributed by atoms with Crippen molar-refractivity contribution in [3.05, 3.63) is 0 Å². The van der Waals surface area contributed by atoms with E-state index in [2.05, 4.69) is 0 Å². The van der Waals surface area contributed by atoms with Crippen LogP contribution in [0.15, 0.2) is 0 Å². The Hall–Kier alpha value is -1.35. The normalized spacial score (nSPS) is 17.0. The van der Waals surface area contributed by atoms with Crippen LogP contribution in [0, 0.1) is 0 Å². The lowest BCUT2D eigenvalue weighted by Crippen LogP contribution is -2.40. The second-order valence-electron chi connectivity index (χ2n) is 5.12. The van der Waals surface area contributed by atoms with E-state index in [4.69, 9.17) is 10.2 Å². The number of hydrogen-bond acceptors (Lipinski definition) is 7. The minimum absolute atomic E-state index is 0.0111. The van der Waals surface area contributed by atoms with E-state index in [1.807, 2.05) is 28.5 Å². The van der Waals surface area contributed by atoms with E-state index in [0.29, 0.717) is 52.4 Å². The number of carboxylic acids is 1. The Kier molecular flexibility index (Phi) is 17.1. The lowest BCUT2D eigenvalue weighted by atomic mass is 10.3. The van der Waals surface area contributed by atoms with Crippen molar-refractivity contribution in [2.75, 3.05) is 66.0 Å². The molecular weight excluding hydrogens is 314 g/mol. The Bertz CT molecular complexity index is 325. The molecule has 1 rings (SSSR count). The summed E-state index contributed by atoms with van der Waals surface area (Å²) in [6.07, 6.45) is 0.856. The van der Waals surface area contributed by atoms with Gasteiger partial charge in [0.1, 0.15) is 12.1 Å². The van der Waals surface area contributed by atoms with Crippen LogP contribution in [0.2, 0.25) is 0 Å². The third-order valence-electron chi connectivity index (χ3n) is 3.34. The summed E-state index contributed by atoms with van der Waals surface area (Å²) in [6.45, 7) is 10.3. The summed E-state index contributed by atoms with van der Waals surface area (Å²) in [5.74, 6) is -0.764. The molecule has 0 atom stereocenters. The van der Waals surface area contributed by atoms with Gasteiger partial charge in [0.25, 0.3) is 0 Å². The summed E-state index contributed by atoms with van der Waals surface area (Å²) in [5, 5.41) is 15.9. The molecule has 0 unspecified atom stereocenters. The van der Waals surface area contributed by atoms with Crippen LogP contribution in [-0.4, -0.2) is 109 Å². The molecule has 0 aromatic heterocycles. The molecule has 0 aliphatic carbocycles. The summed E-state index contributed by atoms with van der Waals surface area (Å²) in [5.41, 5.74) is 0. The Balaban J connectivity index is 0. The van der Waals surface area contributed by atoms with Crippen molar-refractivity contribution in [1.29, 1.82) is 0 Å². The Labute approximate surface area is 145 Å². The van der Waals surface area contributed by atoms with Crippen molar-refractivity contribution in [3.63, 3.8) is 0 Å². The van der Waals surface area contributed by atoms with Gasteiger partial charge in [-0.2, -0.15) is 0 Å². The van der Waals surface area contributed by atoms with Gasteiger partial charge < -0.3 is 15.0 Å². The molecule has 1 aliphatic heterocycles. The van der Waals surface area contributed by atoms with Crippen LogP contribution in [0.5, 0.6) is 0 Å². The molecule has 0 amide bonds. The van der Waals surface area contributed by atoms with Gasteiger partial charge in [-0.25, -0.2) is 0 Å². The smallest absolute Gasteiger partial charge is 0.317 e. The van der Waals surface area contributed by atoms with E-state index in [1.54, 1.807) is 6.92 Å². The van der Waals surface area contributed by atoms with Crippen LogP contribution in [0.4, 0.5) is 0 Å². The molecule has 0 radical (unpaired) electrons. The van der Waals surface area contributed by atoms with Gasteiger partial charge in [0.05, 0.1) is 19.6 Å². The number of ketones is 1. The third kappa shape index (κ3) is 13.1. The summed E-state index contributed by atoms with van der Waals surface area (Å²) in [4.78, 5) is 38.6. The number of aliphatic hydroxyl groups excluding tert-OH is 1. The van der Waals surface area contributed by atoms with Gasteiger partial charge in [-0.15, -0.1) is 0 Å². The molecule has 142 valence electrons. The van der Waals surface area contributed by atoms with Gasteiger partial charge in [0.2, 0.25) is 0 Å². The van der Waals surface area contributed by atoms with Crippen molar-refractivity contribution in [3.8, 4) is 0 Å². The average Bonchev–Trinajstić information content (AvgIpc) is 2.64. The first-order valence-electron chi connectivity index (χ1n) is 8.28. The predicted octanol–water partition coefficient (Wildman–Crippen LogP) is -0.587. The van der Waals surface area contributed by atoms with Crippen LogP contribution < -0.4 is 0 Å². The highest BCUT2D eigenvalue weighted by Crippen LogP contribution is 2.00. The van der Waals surface area contributed by atoms with E-state index in [9.17, 15) is 14.4 Å². The maximum atomic E-state index is 11.2. The van der Waals surface area contributed by atoms with Gasteiger partial charge >= 0.3 is 5.97 Å². The number of aldehydes is 1. The van der Waals surface area contributed by atoms with Crippen molar-refractivity contribution in [1.82, 2.24) is 14.7 Å². The molecule has 1 heterocycles. The minimum Gasteiger partial charge on any atom is -0.480 e. The summed E-state index contributed by atoms with van der Waals surface area (Å²) >= 11 is 0. The molecule has 0 spiro atoms. The van der Waals surface area contributed by atoms with Gasteiger partial charge in [-0.05, 0) is 6.92 Å². The first-order chi connectivity index (χ1) is 11.5. The van der Waals surface area contributed by atoms with Crippen molar-refractivity contribution >= 4 is 18.0 Å². The molecule has 0 saturated carbocycles. The number of carbonyl (C=O) groups excluding carboxylic acids is 2. The SMILES string of the molecule is CC.CC(=O)CN1CCN(CC=O)CCN(CC(=O)O)CC1.CO. The van der Waals surface area contributed by atoms with Crippen LogP contribution in [0.3, 0.4) is 0 Å². The maximum absolute atomic E-state index is 11.2. The van der Waals surface area contributed by atoms with Gasteiger partial charge in [-0.1, -0.05) is 13.8 Å². The molecular formula is C16H33N3O5. The molecule has 1 fully saturated rings. The molecule has 0 bridgehead atoms. The zero-order valence-electron chi connectivity index (χ0n) is 15.4. The number of aliphatic carboxylic acids is 1. The number of hydrogen-bond donors (Lipinski definition) is 2. The van der Waals surface area contributed by atoms with Gasteiger partial charge in [0, 0.05) is 46.4 Å². The van der Waals surface area contributed by atoms with Crippen molar-refractivity contribution < 1.29 is 24.6 Å². The fraction of sp³-hybridized carbons (Fsp3) is 0.812. The third-order valence-corrected chi connectivity index (χ3v) is 3.34. The number of carboxylic acid groups (broad SMARTS) is 1. The molecule has 2 N–H and O–H groups in total. The number of Topliss-reactive ketones (excluding diaryl/α,β-unsaturated/α-hetero) is 1. The van der Waals surface area contributed by atoms with Gasteiger partial charge in [0.15, 0.2) is 0 Å². The maximum Gasteiger partial charge on any atom is 0.317 e. The predicted molar refractivity (Wildman–Crippen MR) is 93.2 cm³/mol. The fourth-order valence-corrected chi connectivity index (χ4v) is 2.29. The molecule has 8 heteroatoms. The standard InChI is InChI=1S/C13H23N3O4.C2H6.CH4O/c1-12(18)10-15-4-2-14(8-9-17)3-5-16(7-6-15)11-13(19)20;2*1-2/h9H,2-8,10-11H2,1H3,(H,19,20);1-2H3;2H,1H3. The lowest BCUT2D eigenvalue weighted by Gasteiger charge is -2.23. The molecule has 0 aromatic carbocycles. The molecule has 0 aromatic rings. The van der Waals surface area contributed by atoms with E-state index in [-0.39, 0.29) is 12.3 Å². The number of aliphatic hydroxyl groups is 1. The van der Waals surface area contributed by atoms with Crippen LogP contribution in [0.1, 0.15) is 20.8 Å². The quantitative estimate of drug-likeness (QED) is 0.615. The van der Waals surface area contributed by atoms with E-state index in [0.717, 1.165) is 13.4 Å². The van der Waals surface area contributed by atoms with E-state index in [1.165, 1.54) is 0 Å². The highest BCUT2D eigenvalue weighted by atomic mass is 16.4. The number of nitrogens with zero attached hydrogens (tertiary/aromatic N) is 3. The number of carbonyl (C=O) groups is 3. The topological polar surface area (TPSA) is 101 Å². The van der Waals surface area contributed by atoms with Gasteiger partial charge in [-0.3, -0.25) is 24.3 Å². The Morgan fingerprint density at radius 2 is 1.25 bits per heavy atom. The lowest BCUT2D eigenvalue weighted by molar-refractivity contribution is -0.138. The second kappa shape index (κ2) is 16.5. The number of rotatable bonds is 6. The average molecular weight is 347 g/mol. The van der Waals surface area contributed by atoms with E-state index >= 15 is 0 Å². The molecule has 8 nitrogen and oxygen atoms in total.